The van der Waals surface area contributed by atoms with E-state index in [-0.39, 0.29) is 11.0 Å². The molecular formula is C27H25N3O2. The molecule has 2 amide bonds. The van der Waals surface area contributed by atoms with E-state index >= 15 is 0 Å². The number of allylic oxidation sites excluding steroid dienone is 3. The molecule has 2 heterocycles. The fourth-order valence-electron chi connectivity index (χ4n) is 4.61. The van der Waals surface area contributed by atoms with Gasteiger partial charge in [-0.3, -0.25) is 9.59 Å². The Hall–Kier alpha value is -3.91. The van der Waals surface area contributed by atoms with E-state index in [1.165, 1.54) is 5.56 Å². The van der Waals surface area contributed by atoms with Crippen LogP contribution in [0.2, 0.25) is 0 Å². The van der Waals surface area contributed by atoms with Gasteiger partial charge >= 0.3 is 0 Å². The molecule has 0 spiro atoms. The summed E-state index contributed by atoms with van der Waals surface area (Å²) in [6.45, 7) is 7.79. The summed E-state index contributed by atoms with van der Waals surface area (Å²) in [6.07, 6.45) is 3.67. The summed E-state index contributed by atoms with van der Waals surface area (Å²) in [6, 6.07) is 17.4. The monoisotopic (exact) mass is 423 g/mol. The van der Waals surface area contributed by atoms with E-state index in [0.29, 0.717) is 16.8 Å². The van der Waals surface area contributed by atoms with Gasteiger partial charge in [-0.05, 0) is 54.8 Å². The van der Waals surface area contributed by atoms with Crippen molar-refractivity contribution in [2.45, 2.75) is 33.1 Å². The highest BCUT2D eigenvalue weighted by molar-refractivity contribution is 6.31. The number of aryl methyl sites for hydroxylation is 1. The van der Waals surface area contributed by atoms with Crippen LogP contribution in [-0.4, -0.2) is 18.9 Å². The summed E-state index contributed by atoms with van der Waals surface area (Å²) in [5.41, 5.74) is 5.13. The smallest absolute Gasteiger partial charge is 0.276 e. The third-order valence-corrected chi connectivity index (χ3v) is 6.45. The van der Waals surface area contributed by atoms with Crippen molar-refractivity contribution in [3.05, 3.63) is 94.2 Å². The highest BCUT2D eigenvalue weighted by Gasteiger charge is 2.39. The molecule has 0 atom stereocenters. The van der Waals surface area contributed by atoms with Gasteiger partial charge in [-0.25, -0.2) is 4.90 Å². The van der Waals surface area contributed by atoms with Gasteiger partial charge in [0.05, 0.1) is 5.69 Å². The Morgan fingerprint density at radius 1 is 0.906 bits per heavy atom. The third-order valence-electron chi connectivity index (χ3n) is 6.45. The van der Waals surface area contributed by atoms with Gasteiger partial charge in [-0.2, -0.15) is 5.26 Å². The SMILES string of the molecule is CC1=C(C#N)C(=O)N(c2ccccc2C)C(=O)C1=CC=C1N(C)c2ccccc2C1(C)C. The maximum absolute atomic E-state index is 13.5. The molecule has 0 aromatic heterocycles. The fraction of sp³-hybridized carbons (Fsp3) is 0.222. The number of imide groups is 1. The molecule has 5 nitrogen and oxygen atoms in total. The molecule has 2 aliphatic heterocycles. The summed E-state index contributed by atoms with van der Waals surface area (Å²) >= 11 is 0. The molecule has 32 heavy (non-hydrogen) atoms. The minimum absolute atomic E-state index is 0.0141. The van der Waals surface area contributed by atoms with E-state index in [0.717, 1.165) is 21.8 Å². The molecule has 5 heteroatoms. The number of fused-ring (bicyclic) bond motifs is 1. The fourth-order valence-corrected chi connectivity index (χ4v) is 4.61. The van der Waals surface area contributed by atoms with Crippen LogP contribution in [0.3, 0.4) is 0 Å². The minimum atomic E-state index is -0.583. The molecule has 0 bridgehead atoms. The number of anilines is 2. The largest absolute Gasteiger partial charge is 0.347 e. The zero-order valence-electron chi connectivity index (χ0n) is 18.9. The van der Waals surface area contributed by atoms with Gasteiger partial charge < -0.3 is 4.90 Å². The topological polar surface area (TPSA) is 64.4 Å². The Balaban J connectivity index is 1.85. The molecular weight excluding hydrogens is 398 g/mol. The second-order valence-corrected chi connectivity index (χ2v) is 8.68. The van der Waals surface area contributed by atoms with Crippen LogP contribution in [0, 0.1) is 18.3 Å². The summed E-state index contributed by atoms with van der Waals surface area (Å²) in [4.78, 5) is 29.7. The van der Waals surface area contributed by atoms with Gasteiger partial charge in [0.25, 0.3) is 11.8 Å². The van der Waals surface area contributed by atoms with E-state index in [1.807, 2.05) is 50.4 Å². The van der Waals surface area contributed by atoms with Crippen molar-refractivity contribution < 1.29 is 9.59 Å². The first-order chi connectivity index (χ1) is 15.2. The summed E-state index contributed by atoms with van der Waals surface area (Å²) in [5, 5.41) is 9.68. The number of para-hydroxylation sites is 2. The number of benzene rings is 2. The van der Waals surface area contributed by atoms with Crippen LogP contribution in [0.1, 0.15) is 31.9 Å². The first-order valence-corrected chi connectivity index (χ1v) is 10.5. The van der Waals surface area contributed by atoms with Gasteiger partial charge in [-0.15, -0.1) is 0 Å². The highest BCUT2D eigenvalue weighted by atomic mass is 16.2. The average molecular weight is 424 g/mol. The van der Waals surface area contributed by atoms with E-state index in [1.54, 1.807) is 25.1 Å². The van der Waals surface area contributed by atoms with Gasteiger partial charge in [0.1, 0.15) is 11.6 Å². The van der Waals surface area contributed by atoms with Gasteiger partial charge in [0.2, 0.25) is 0 Å². The Bertz CT molecular complexity index is 1290. The summed E-state index contributed by atoms with van der Waals surface area (Å²) in [5.74, 6) is -1.01. The molecule has 0 saturated heterocycles. The lowest BCUT2D eigenvalue weighted by Crippen LogP contribution is -2.43. The third kappa shape index (κ3) is 3.07. The molecule has 0 N–H and O–H groups in total. The molecule has 2 aliphatic rings. The van der Waals surface area contributed by atoms with Gasteiger partial charge in [0, 0.05) is 29.4 Å². The van der Waals surface area contributed by atoms with Crippen molar-refractivity contribution >= 4 is 23.2 Å². The first-order valence-electron chi connectivity index (χ1n) is 10.5. The van der Waals surface area contributed by atoms with Crippen molar-refractivity contribution in [2.75, 3.05) is 16.8 Å². The average Bonchev–Trinajstić information content (AvgIpc) is 2.96. The van der Waals surface area contributed by atoms with Crippen LogP contribution in [0.15, 0.2) is 83.1 Å². The van der Waals surface area contributed by atoms with Crippen LogP contribution in [0.5, 0.6) is 0 Å². The number of hydrogen-bond donors (Lipinski definition) is 0. The molecule has 2 aromatic carbocycles. The standard InChI is InChI=1S/C27H25N3O2/c1-17-10-6-8-12-22(17)30-25(31)19(18(2)20(16-28)26(30)32)14-15-24-27(3,4)21-11-7-9-13-23(21)29(24)5/h6-15H,1-5H3. The summed E-state index contributed by atoms with van der Waals surface area (Å²) in [7, 11) is 2.01. The van der Waals surface area contributed by atoms with Crippen molar-refractivity contribution in [1.29, 1.82) is 5.26 Å². The van der Waals surface area contributed by atoms with Crippen molar-refractivity contribution in [3.63, 3.8) is 0 Å². The lowest BCUT2D eigenvalue weighted by Gasteiger charge is -2.28. The number of hydrogen-bond acceptors (Lipinski definition) is 4. The van der Waals surface area contributed by atoms with E-state index in [4.69, 9.17) is 0 Å². The Labute approximate surface area is 188 Å². The van der Waals surface area contributed by atoms with Crippen LogP contribution >= 0.6 is 0 Å². The zero-order chi connectivity index (χ0) is 23.2. The van der Waals surface area contributed by atoms with Crippen molar-refractivity contribution in [2.24, 2.45) is 0 Å². The molecule has 0 fully saturated rings. The number of carbonyl (C=O) groups is 2. The van der Waals surface area contributed by atoms with Crippen molar-refractivity contribution in [1.82, 2.24) is 0 Å². The normalized spacial score (nSPS) is 20.2. The molecule has 0 radical (unpaired) electrons. The Morgan fingerprint density at radius 3 is 2.16 bits per heavy atom. The molecule has 0 aliphatic carbocycles. The molecule has 0 saturated carbocycles. The highest BCUT2D eigenvalue weighted by Crippen LogP contribution is 2.46. The predicted octanol–water partition coefficient (Wildman–Crippen LogP) is 4.95. The molecule has 2 aromatic rings. The maximum atomic E-state index is 13.5. The van der Waals surface area contributed by atoms with E-state index < -0.39 is 11.8 Å². The minimum Gasteiger partial charge on any atom is -0.347 e. The number of nitrogens with zero attached hydrogens (tertiary/aromatic N) is 3. The van der Waals surface area contributed by atoms with Crippen LogP contribution in [0.4, 0.5) is 11.4 Å². The second-order valence-electron chi connectivity index (χ2n) is 8.68. The number of nitriles is 1. The molecule has 4 rings (SSSR count). The number of rotatable bonds is 2. The Morgan fingerprint density at radius 2 is 1.53 bits per heavy atom. The number of likely N-dealkylation sites (N-methyl/N-ethyl adjacent to an activating group) is 1. The summed E-state index contributed by atoms with van der Waals surface area (Å²) < 4.78 is 0. The lowest BCUT2D eigenvalue weighted by atomic mass is 9.83. The van der Waals surface area contributed by atoms with Crippen LogP contribution < -0.4 is 9.80 Å². The zero-order valence-corrected chi connectivity index (χ0v) is 18.9. The Kier molecular flexibility index (Phi) is 5.10. The predicted molar refractivity (Wildman–Crippen MR) is 126 cm³/mol. The van der Waals surface area contributed by atoms with E-state index in [9.17, 15) is 14.9 Å². The molecule has 0 unspecified atom stereocenters. The first kappa shape index (κ1) is 21.3. The van der Waals surface area contributed by atoms with E-state index in [2.05, 4.69) is 30.9 Å². The van der Waals surface area contributed by atoms with Crippen LogP contribution in [-0.2, 0) is 15.0 Å². The van der Waals surface area contributed by atoms with Crippen LogP contribution in [0.25, 0.3) is 0 Å². The second kappa shape index (κ2) is 7.65. The lowest BCUT2D eigenvalue weighted by molar-refractivity contribution is -0.122. The van der Waals surface area contributed by atoms with Gasteiger partial charge in [0.15, 0.2) is 0 Å². The number of amides is 2. The molecule has 160 valence electrons. The van der Waals surface area contributed by atoms with Gasteiger partial charge in [-0.1, -0.05) is 50.2 Å². The number of carbonyl (C=O) groups excluding carboxylic acids is 2. The maximum Gasteiger partial charge on any atom is 0.276 e. The quantitative estimate of drug-likeness (QED) is 0.507. The van der Waals surface area contributed by atoms with Crippen molar-refractivity contribution in [3.8, 4) is 6.07 Å².